The van der Waals surface area contributed by atoms with Gasteiger partial charge in [-0.3, -0.25) is 0 Å². The standard InChI is InChI=1S/C21H15BrN2S/c22-17-12-10-16(11-13-17)20-23-19-9-5-4-8-18(19)21(24-20)25-14-15-6-2-1-3-7-15/h1-13H,14H2. The van der Waals surface area contributed by atoms with E-state index < -0.39 is 0 Å². The molecule has 25 heavy (non-hydrogen) atoms. The molecule has 0 unspecified atom stereocenters. The van der Waals surface area contributed by atoms with Gasteiger partial charge in [-0.05, 0) is 23.8 Å². The zero-order valence-corrected chi connectivity index (χ0v) is 15.8. The monoisotopic (exact) mass is 406 g/mol. The van der Waals surface area contributed by atoms with Crippen molar-refractivity contribution in [2.24, 2.45) is 0 Å². The molecule has 4 aromatic rings. The first-order valence-electron chi connectivity index (χ1n) is 7.99. The fraction of sp³-hybridized carbons (Fsp3) is 0.0476. The molecule has 122 valence electrons. The second-order valence-electron chi connectivity index (χ2n) is 5.65. The first-order valence-corrected chi connectivity index (χ1v) is 9.77. The van der Waals surface area contributed by atoms with Crippen molar-refractivity contribution in [3.8, 4) is 11.4 Å². The van der Waals surface area contributed by atoms with Gasteiger partial charge in [-0.1, -0.05) is 76.6 Å². The lowest BCUT2D eigenvalue weighted by atomic mass is 10.2. The van der Waals surface area contributed by atoms with Crippen LogP contribution in [0.2, 0.25) is 0 Å². The summed E-state index contributed by atoms with van der Waals surface area (Å²) >= 11 is 5.23. The van der Waals surface area contributed by atoms with Crippen molar-refractivity contribution < 1.29 is 0 Å². The van der Waals surface area contributed by atoms with Crippen LogP contribution in [-0.2, 0) is 5.75 Å². The molecule has 0 aliphatic heterocycles. The zero-order valence-electron chi connectivity index (χ0n) is 13.4. The lowest BCUT2D eigenvalue weighted by Crippen LogP contribution is -1.94. The molecule has 0 bridgehead atoms. The van der Waals surface area contributed by atoms with Crippen molar-refractivity contribution in [1.29, 1.82) is 0 Å². The highest BCUT2D eigenvalue weighted by molar-refractivity contribution is 9.10. The van der Waals surface area contributed by atoms with Gasteiger partial charge in [0.15, 0.2) is 5.82 Å². The fourth-order valence-electron chi connectivity index (χ4n) is 2.61. The molecule has 0 aliphatic rings. The Morgan fingerprint density at radius 2 is 1.48 bits per heavy atom. The minimum Gasteiger partial charge on any atom is -0.228 e. The van der Waals surface area contributed by atoms with Crippen molar-refractivity contribution in [1.82, 2.24) is 9.97 Å². The van der Waals surface area contributed by atoms with Crippen LogP contribution in [0.25, 0.3) is 22.3 Å². The Morgan fingerprint density at radius 3 is 2.28 bits per heavy atom. The van der Waals surface area contributed by atoms with E-state index in [0.717, 1.165) is 37.5 Å². The molecule has 0 amide bonds. The van der Waals surface area contributed by atoms with Gasteiger partial charge in [0, 0.05) is 21.2 Å². The number of nitrogens with zero attached hydrogens (tertiary/aromatic N) is 2. The molecular formula is C21H15BrN2S. The third-order valence-electron chi connectivity index (χ3n) is 3.89. The molecule has 4 heteroatoms. The van der Waals surface area contributed by atoms with Crippen molar-refractivity contribution >= 4 is 38.6 Å². The zero-order chi connectivity index (χ0) is 17.1. The van der Waals surface area contributed by atoms with E-state index in [0.29, 0.717) is 0 Å². The van der Waals surface area contributed by atoms with Crippen LogP contribution in [0.1, 0.15) is 5.56 Å². The van der Waals surface area contributed by atoms with E-state index in [2.05, 4.69) is 46.3 Å². The molecule has 0 saturated carbocycles. The summed E-state index contributed by atoms with van der Waals surface area (Å²) in [5.74, 6) is 1.66. The van der Waals surface area contributed by atoms with E-state index in [1.54, 1.807) is 11.8 Å². The van der Waals surface area contributed by atoms with Crippen molar-refractivity contribution in [2.75, 3.05) is 0 Å². The van der Waals surface area contributed by atoms with Crippen LogP contribution < -0.4 is 0 Å². The fourth-order valence-corrected chi connectivity index (χ4v) is 3.85. The summed E-state index contributed by atoms with van der Waals surface area (Å²) in [4.78, 5) is 9.60. The molecule has 4 rings (SSSR count). The lowest BCUT2D eigenvalue weighted by Gasteiger charge is -2.09. The molecule has 0 fully saturated rings. The largest absolute Gasteiger partial charge is 0.228 e. The van der Waals surface area contributed by atoms with Crippen LogP contribution in [0, 0.1) is 0 Å². The van der Waals surface area contributed by atoms with Gasteiger partial charge in [0.25, 0.3) is 0 Å². The van der Waals surface area contributed by atoms with Crippen molar-refractivity contribution in [3.63, 3.8) is 0 Å². The number of thioether (sulfide) groups is 1. The van der Waals surface area contributed by atoms with E-state index in [-0.39, 0.29) is 0 Å². The summed E-state index contributed by atoms with van der Waals surface area (Å²) in [5.41, 5.74) is 3.29. The summed E-state index contributed by atoms with van der Waals surface area (Å²) in [6, 6.07) is 26.8. The topological polar surface area (TPSA) is 25.8 Å². The van der Waals surface area contributed by atoms with Crippen LogP contribution in [0.3, 0.4) is 0 Å². The molecule has 1 aromatic heterocycles. The molecule has 1 heterocycles. The Kier molecular flexibility index (Phi) is 4.81. The SMILES string of the molecule is Brc1ccc(-c2nc(SCc3ccccc3)c3ccccc3n2)cc1. The highest BCUT2D eigenvalue weighted by Gasteiger charge is 2.10. The quantitative estimate of drug-likeness (QED) is 0.291. The maximum atomic E-state index is 4.85. The number of aromatic nitrogens is 2. The third kappa shape index (κ3) is 3.75. The maximum absolute atomic E-state index is 4.85. The van der Waals surface area contributed by atoms with Gasteiger partial charge in [0.05, 0.1) is 5.52 Å². The third-order valence-corrected chi connectivity index (χ3v) is 5.48. The number of fused-ring (bicyclic) bond motifs is 1. The molecule has 2 nitrogen and oxygen atoms in total. The number of hydrogen-bond acceptors (Lipinski definition) is 3. The van der Waals surface area contributed by atoms with E-state index in [1.165, 1.54) is 5.56 Å². The minimum absolute atomic E-state index is 0.766. The highest BCUT2D eigenvalue weighted by atomic mass is 79.9. The molecular weight excluding hydrogens is 392 g/mol. The van der Waals surface area contributed by atoms with Gasteiger partial charge in [-0.2, -0.15) is 0 Å². The van der Waals surface area contributed by atoms with E-state index in [4.69, 9.17) is 9.97 Å². The smallest absolute Gasteiger partial charge is 0.161 e. The lowest BCUT2D eigenvalue weighted by molar-refractivity contribution is 1.11. The molecule has 0 spiro atoms. The molecule has 0 atom stereocenters. The second kappa shape index (κ2) is 7.38. The summed E-state index contributed by atoms with van der Waals surface area (Å²) < 4.78 is 1.05. The maximum Gasteiger partial charge on any atom is 0.161 e. The van der Waals surface area contributed by atoms with Gasteiger partial charge in [0.2, 0.25) is 0 Å². The van der Waals surface area contributed by atoms with Gasteiger partial charge in [0.1, 0.15) is 5.03 Å². The highest BCUT2D eigenvalue weighted by Crippen LogP contribution is 2.30. The first-order chi connectivity index (χ1) is 12.3. The van der Waals surface area contributed by atoms with E-state index >= 15 is 0 Å². The van der Waals surface area contributed by atoms with Crippen LogP contribution in [0.15, 0.2) is 88.4 Å². The Balaban J connectivity index is 1.74. The average Bonchev–Trinajstić information content (AvgIpc) is 2.67. The molecule has 0 N–H and O–H groups in total. The second-order valence-corrected chi connectivity index (χ2v) is 7.53. The van der Waals surface area contributed by atoms with Crippen LogP contribution in [-0.4, -0.2) is 9.97 Å². The summed E-state index contributed by atoms with van der Waals surface area (Å²) in [5, 5.41) is 2.12. The number of hydrogen-bond donors (Lipinski definition) is 0. The Bertz CT molecular complexity index is 1000. The molecule has 0 saturated heterocycles. The van der Waals surface area contributed by atoms with Crippen molar-refractivity contribution in [2.45, 2.75) is 10.8 Å². The predicted octanol–water partition coefficient (Wildman–Crippen LogP) is 6.35. The van der Waals surface area contributed by atoms with E-state index in [1.807, 2.05) is 48.5 Å². The minimum atomic E-state index is 0.766. The first kappa shape index (κ1) is 16.3. The Labute approximate surface area is 159 Å². The molecule has 3 aromatic carbocycles. The number of rotatable bonds is 4. The summed E-state index contributed by atoms with van der Waals surface area (Å²) in [7, 11) is 0. The van der Waals surface area contributed by atoms with Crippen LogP contribution >= 0.6 is 27.7 Å². The van der Waals surface area contributed by atoms with Crippen LogP contribution in [0.4, 0.5) is 0 Å². The van der Waals surface area contributed by atoms with Crippen molar-refractivity contribution in [3.05, 3.63) is 88.9 Å². The number of para-hydroxylation sites is 1. The normalized spacial score (nSPS) is 10.9. The van der Waals surface area contributed by atoms with Gasteiger partial charge < -0.3 is 0 Å². The Morgan fingerprint density at radius 1 is 0.760 bits per heavy atom. The van der Waals surface area contributed by atoms with Gasteiger partial charge >= 0.3 is 0 Å². The number of benzene rings is 3. The summed E-state index contributed by atoms with van der Waals surface area (Å²) in [6.07, 6.45) is 0. The molecule has 0 radical (unpaired) electrons. The number of halogens is 1. The van der Waals surface area contributed by atoms with Gasteiger partial charge in [-0.15, -0.1) is 11.8 Å². The van der Waals surface area contributed by atoms with E-state index in [9.17, 15) is 0 Å². The average molecular weight is 407 g/mol. The molecule has 0 aliphatic carbocycles. The Hall–Kier alpha value is -2.17. The van der Waals surface area contributed by atoms with Gasteiger partial charge in [-0.25, -0.2) is 9.97 Å². The predicted molar refractivity (Wildman–Crippen MR) is 109 cm³/mol. The summed E-state index contributed by atoms with van der Waals surface area (Å²) in [6.45, 7) is 0. The van der Waals surface area contributed by atoms with Crippen LogP contribution in [0.5, 0.6) is 0 Å².